The van der Waals surface area contributed by atoms with Crippen molar-refractivity contribution < 1.29 is 13.9 Å². The lowest BCUT2D eigenvalue weighted by atomic mass is 9.95. The van der Waals surface area contributed by atoms with Crippen LogP contribution in [0.5, 0.6) is 0 Å². The summed E-state index contributed by atoms with van der Waals surface area (Å²) in [5.41, 5.74) is 1.13. The standard InChI is InChI=1S/C19H19ClN2O4/c1-19(25-2,13-6-5-7-14(20)10-13)12-21-17(23)11-22-15-8-3-4-9-16(15)26-18(22)24/h3-10H,11-12H2,1-2H3,(H,21,23). The number of nitrogens with zero attached hydrogens (tertiary/aromatic N) is 1. The fraction of sp³-hybridized carbons (Fsp3) is 0.263. The Labute approximate surface area is 155 Å². The minimum Gasteiger partial charge on any atom is -0.408 e. The Bertz CT molecular complexity index is 994. The molecule has 6 nitrogen and oxygen atoms in total. The Morgan fingerprint density at radius 1 is 1.27 bits per heavy atom. The molecule has 7 heteroatoms. The quantitative estimate of drug-likeness (QED) is 0.720. The number of hydrogen-bond donors (Lipinski definition) is 1. The molecular weight excluding hydrogens is 356 g/mol. The first kappa shape index (κ1) is 18.2. The average Bonchev–Trinajstić information content (AvgIpc) is 2.95. The molecule has 1 unspecified atom stereocenters. The van der Waals surface area contributed by atoms with Gasteiger partial charge < -0.3 is 14.5 Å². The molecule has 1 N–H and O–H groups in total. The minimum absolute atomic E-state index is 0.134. The second-order valence-corrected chi connectivity index (χ2v) is 6.58. The Kier molecular flexibility index (Phi) is 5.15. The first-order chi connectivity index (χ1) is 12.4. The molecular formula is C19H19ClN2O4. The van der Waals surface area contributed by atoms with Crippen molar-refractivity contribution in [2.24, 2.45) is 0 Å². The van der Waals surface area contributed by atoms with Gasteiger partial charge in [0, 0.05) is 12.1 Å². The summed E-state index contributed by atoms with van der Waals surface area (Å²) >= 11 is 6.05. The normalized spacial score (nSPS) is 13.5. The molecule has 3 rings (SSSR count). The first-order valence-corrected chi connectivity index (χ1v) is 8.47. The van der Waals surface area contributed by atoms with Crippen LogP contribution in [0.25, 0.3) is 11.1 Å². The third-order valence-electron chi connectivity index (χ3n) is 4.38. The van der Waals surface area contributed by atoms with Crippen molar-refractivity contribution in [1.82, 2.24) is 9.88 Å². The molecule has 0 saturated heterocycles. The van der Waals surface area contributed by atoms with Crippen molar-refractivity contribution in [2.75, 3.05) is 13.7 Å². The van der Waals surface area contributed by atoms with Gasteiger partial charge in [-0.3, -0.25) is 9.36 Å². The Morgan fingerprint density at radius 2 is 2.04 bits per heavy atom. The molecule has 1 amide bonds. The maximum atomic E-state index is 12.4. The highest BCUT2D eigenvalue weighted by Crippen LogP contribution is 2.26. The van der Waals surface area contributed by atoms with Crippen LogP contribution in [0.1, 0.15) is 12.5 Å². The highest BCUT2D eigenvalue weighted by molar-refractivity contribution is 6.30. The molecule has 0 radical (unpaired) electrons. The van der Waals surface area contributed by atoms with Gasteiger partial charge in [-0.15, -0.1) is 0 Å². The zero-order valence-corrected chi connectivity index (χ0v) is 15.2. The molecule has 0 aliphatic heterocycles. The lowest BCUT2D eigenvalue weighted by Gasteiger charge is -2.29. The predicted octanol–water partition coefficient (Wildman–Crippen LogP) is 2.93. The summed E-state index contributed by atoms with van der Waals surface area (Å²) in [4.78, 5) is 24.3. The van der Waals surface area contributed by atoms with Crippen molar-refractivity contribution in [3.63, 3.8) is 0 Å². The number of ether oxygens (including phenoxy) is 1. The van der Waals surface area contributed by atoms with Gasteiger partial charge in [0.2, 0.25) is 5.91 Å². The number of carbonyl (C=O) groups excluding carboxylic acids is 1. The van der Waals surface area contributed by atoms with E-state index in [2.05, 4.69) is 5.32 Å². The number of amides is 1. The van der Waals surface area contributed by atoms with E-state index < -0.39 is 11.4 Å². The molecule has 2 aromatic carbocycles. The highest BCUT2D eigenvalue weighted by atomic mass is 35.5. The van der Waals surface area contributed by atoms with Gasteiger partial charge in [0.1, 0.15) is 12.1 Å². The number of nitrogens with one attached hydrogen (secondary N) is 1. The number of rotatable bonds is 6. The molecule has 0 spiro atoms. The zero-order valence-electron chi connectivity index (χ0n) is 14.5. The molecule has 0 aliphatic carbocycles. The van der Waals surface area contributed by atoms with E-state index in [9.17, 15) is 9.59 Å². The summed E-state index contributed by atoms with van der Waals surface area (Å²) in [5, 5.41) is 3.41. The Hall–Kier alpha value is -2.57. The number of methoxy groups -OCH3 is 1. The number of benzene rings is 2. The average molecular weight is 375 g/mol. The molecule has 0 aliphatic rings. The minimum atomic E-state index is -0.746. The first-order valence-electron chi connectivity index (χ1n) is 8.09. The third kappa shape index (κ3) is 3.66. The van der Waals surface area contributed by atoms with Crippen LogP contribution in [0.15, 0.2) is 57.7 Å². The molecule has 3 aromatic rings. The van der Waals surface area contributed by atoms with Gasteiger partial charge in [-0.25, -0.2) is 4.79 Å². The number of hydrogen-bond acceptors (Lipinski definition) is 4. The molecule has 0 bridgehead atoms. The monoisotopic (exact) mass is 374 g/mol. The van der Waals surface area contributed by atoms with E-state index in [1.807, 2.05) is 19.1 Å². The van der Waals surface area contributed by atoms with Crippen LogP contribution < -0.4 is 11.1 Å². The highest BCUT2D eigenvalue weighted by Gasteiger charge is 2.27. The van der Waals surface area contributed by atoms with E-state index in [0.29, 0.717) is 16.1 Å². The molecule has 0 saturated carbocycles. The molecule has 0 fully saturated rings. The summed E-state index contributed by atoms with van der Waals surface area (Å²) in [5.74, 6) is -0.880. The van der Waals surface area contributed by atoms with Gasteiger partial charge in [-0.05, 0) is 36.8 Å². The number of aromatic nitrogens is 1. The van der Waals surface area contributed by atoms with E-state index in [-0.39, 0.29) is 19.0 Å². The van der Waals surface area contributed by atoms with Crippen LogP contribution in [0.3, 0.4) is 0 Å². The third-order valence-corrected chi connectivity index (χ3v) is 4.62. The van der Waals surface area contributed by atoms with Gasteiger partial charge >= 0.3 is 5.76 Å². The number of carbonyl (C=O) groups is 1. The zero-order chi connectivity index (χ0) is 18.7. The van der Waals surface area contributed by atoms with E-state index in [0.717, 1.165) is 5.56 Å². The molecule has 1 aromatic heterocycles. The number of para-hydroxylation sites is 2. The van der Waals surface area contributed by atoms with Gasteiger partial charge in [0.15, 0.2) is 5.58 Å². The molecule has 1 atom stereocenters. The van der Waals surface area contributed by atoms with Crippen molar-refractivity contribution in [2.45, 2.75) is 19.1 Å². The molecule has 26 heavy (non-hydrogen) atoms. The van der Waals surface area contributed by atoms with Crippen LogP contribution in [0.4, 0.5) is 0 Å². The SMILES string of the molecule is COC(C)(CNC(=O)Cn1c(=O)oc2ccccc21)c1cccc(Cl)c1. The largest absolute Gasteiger partial charge is 0.420 e. The fourth-order valence-electron chi connectivity index (χ4n) is 2.74. The van der Waals surface area contributed by atoms with E-state index >= 15 is 0 Å². The topological polar surface area (TPSA) is 73.5 Å². The lowest BCUT2D eigenvalue weighted by molar-refractivity contribution is -0.123. The van der Waals surface area contributed by atoms with E-state index in [1.165, 1.54) is 4.57 Å². The van der Waals surface area contributed by atoms with Crippen LogP contribution >= 0.6 is 11.6 Å². The number of halogens is 1. The van der Waals surface area contributed by atoms with Crippen molar-refractivity contribution in [3.05, 3.63) is 69.7 Å². The smallest absolute Gasteiger partial charge is 0.408 e. The van der Waals surface area contributed by atoms with Crippen molar-refractivity contribution in [1.29, 1.82) is 0 Å². The Morgan fingerprint density at radius 3 is 2.77 bits per heavy atom. The summed E-state index contributed by atoms with van der Waals surface area (Å²) in [6, 6.07) is 14.3. The lowest BCUT2D eigenvalue weighted by Crippen LogP contribution is -2.41. The predicted molar refractivity (Wildman–Crippen MR) is 99.3 cm³/mol. The summed E-state index contributed by atoms with van der Waals surface area (Å²) in [6.07, 6.45) is 0. The van der Waals surface area contributed by atoms with E-state index in [1.54, 1.807) is 43.5 Å². The second-order valence-electron chi connectivity index (χ2n) is 6.14. The van der Waals surface area contributed by atoms with Gasteiger partial charge in [0.25, 0.3) is 0 Å². The van der Waals surface area contributed by atoms with Gasteiger partial charge in [-0.2, -0.15) is 0 Å². The van der Waals surface area contributed by atoms with Crippen molar-refractivity contribution in [3.8, 4) is 0 Å². The second kappa shape index (κ2) is 7.35. The maximum Gasteiger partial charge on any atom is 0.420 e. The van der Waals surface area contributed by atoms with Crippen LogP contribution in [0.2, 0.25) is 5.02 Å². The molecule has 136 valence electrons. The summed E-state index contributed by atoms with van der Waals surface area (Å²) in [6.45, 7) is 1.96. The van der Waals surface area contributed by atoms with Crippen LogP contribution in [-0.4, -0.2) is 24.1 Å². The number of fused-ring (bicyclic) bond motifs is 1. The van der Waals surface area contributed by atoms with Gasteiger partial charge in [-0.1, -0.05) is 35.9 Å². The summed E-state index contributed by atoms with van der Waals surface area (Å²) in [7, 11) is 1.57. The van der Waals surface area contributed by atoms with Gasteiger partial charge in [0.05, 0.1) is 12.1 Å². The van der Waals surface area contributed by atoms with Crippen molar-refractivity contribution >= 4 is 28.6 Å². The maximum absolute atomic E-state index is 12.4. The van der Waals surface area contributed by atoms with E-state index in [4.69, 9.17) is 20.8 Å². The van der Waals surface area contributed by atoms with Crippen LogP contribution in [0, 0.1) is 0 Å². The Balaban J connectivity index is 1.73. The van der Waals surface area contributed by atoms with Crippen LogP contribution in [-0.2, 0) is 21.7 Å². The summed E-state index contributed by atoms with van der Waals surface area (Å²) < 4.78 is 12.0. The fourth-order valence-corrected chi connectivity index (χ4v) is 2.93. The molecule has 1 heterocycles. The number of oxazole rings is 1.